The molecule has 0 bridgehead atoms. The zero-order valence-electron chi connectivity index (χ0n) is 22.8. The number of aromatic nitrogens is 2. The number of rotatable bonds is 10. The van der Waals surface area contributed by atoms with E-state index in [1.54, 1.807) is 40.9 Å². The SMILES string of the molecule is CN(C)C(=O)CCC#Cc1nnc(-c2ccc(F)cc2OCCOCCNC(=O)OC(C)(C)C)c2sccc12. The number of carbonyl (C=O) groups excluding carboxylic acids is 2. The van der Waals surface area contributed by atoms with E-state index in [0.717, 1.165) is 10.1 Å². The maximum atomic E-state index is 14.1. The van der Waals surface area contributed by atoms with Crippen LogP contribution in [0.2, 0.25) is 0 Å². The number of ether oxygens (including phenoxy) is 3. The molecule has 0 spiro atoms. The molecule has 2 aromatic heterocycles. The number of fused-ring (bicyclic) bond motifs is 1. The van der Waals surface area contributed by atoms with Gasteiger partial charge in [-0.25, -0.2) is 9.18 Å². The largest absolute Gasteiger partial charge is 0.490 e. The first-order valence-corrected chi connectivity index (χ1v) is 13.3. The molecule has 39 heavy (non-hydrogen) atoms. The minimum absolute atomic E-state index is 0.0121. The van der Waals surface area contributed by atoms with Crippen molar-refractivity contribution in [2.24, 2.45) is 0 Å². The summed E-state index contributed by atoms with van der Waals surface area (Å²) in [6, 6.07) is 6.17. The first-order valence-electron chi connectivity index (χ1n) is 12.5. The number of nitrogens with zero attached hydrogens (tertiary/aromatic N) is 3. The molecule has 0 aliphatic carbocycles. The molecule has 11 heteroatoms. The van der Waals surface area contributed by atoms with E-state index in [1.165, 1.54) is 28.4 Å². The molecule has 0 fully saturated rings. The second-order valence-electron chi connectivity index (χ2n) is 9.68. The molecule has 1 aromatic carbocycles. The van der Waals surface area contributed by atoms with Gasteiger partial charge in [0.25, 0.3) is 0 Å². The minimum atomic E-state index is -0.568. The van der Waals surface area contributed by atoms with Crippen molar-refractivity contribution < 1.29 is 28.2 Å². The predicted octanol–water partition coefficient (Wildman–Crippen LogP) is 4.64. The van der Waals surface area contributed by atoms with Gasteiger partial charge in [-0.3, -0.25) is 4.79 Å². The quantitative estimate of drug-likeness (QED) is 0.287. The topological polar surface area (TPSA) is 103 Å². The summed E-state index contributed by atoms with van der Waals surface area (Å²) in [5, 5.41) is 14.1. The summed E-state index contributed by atoms with van der Waals surface area (Å²) in [5.41, 5.74) is 1.11. The van der Waals surface area contributed by atoms with Crippen molar-refractivity contribution in [1.29, 1.82) is 0 Å². The summed E-state index contributed by atoms with van der Waals surface area (Å²) in [5.74, 6) is 5.90. The smallest absolute Gasteiger partial charge is 0.407 e. The molecule has 1 N–H and O–H groups in total. The maximum Gasteiger partial charge on any atom is 0.407 e. The number of hydrogen-bond donors (Lipinski definition) is 1. The van der Waals surface area contributed by atoms with E-state index < -0.39 is 17.5 Å². The van der Waals surface area contributed by atoms with Crippen molar-refractivity contribution >= 4 is 33.4 Å². The first kappa shape index (κ1) is 29.8. The number of alkyl carbamates (subject to hydrolysis) is 1. The monoisotopic (exact) mass is 556 g/mol. The van der Waals surface area contributed by atoms with Crippen LogP contribution in [-0.4, -0.2) is 73.2 Å². The summed E-state index contributed by atoms with van der Waals surface area (Å²) < 4.78 is 31.4. The van der Waals surface area contributed by atoms with Crippen LogP contribution in [-0.2, 0) is 14.3 Å². The van der Waals surface area contributed by atoms with Crippen LogP contribution in [0, 0.1) is 17.7 Å². The fourth-order valence-electron chi connectivity index (χ4n) is 3.35. The zero-order chi connectivity index (χ0) is 28.4. The van der Waals surface area contributed by atoms with E-state index in [0.29, 0.717) is 35.5 Å². The van der Waals surface area contributed by atoms with Crippen LogP contribution >= 0.6 is 11.3 Å². The van der Waals surface area contributed by atoms with Crippen LogP contribution in [0.1, 0.15) is 39.3 Å². The molecule has 0 saturated carbocycles. The highest BCUT2D eigenvalue weighted by molar-refractivity contribution is 7.17. The van der Waals surface area contributed by atoms with Gasteiger partial charge >= 0.3 is 6.09 Å². The van der Waals surface area contributed by atoms with E-state index in [4.69, 9.17) is 14.2 Å². The van der Waals surface area contributed by atoms with Gasteiger partial charge in [0.05, 0.1) is 17.9 Å². The Kier molecular flexibility index (Phi) is 10.6. The number of hydrogen-bond acceptors (Lipinski definition) is 8. The molecule has 0 aliphatic rings. The molecule has 9 nitrogen and oxygen atoms in total. The predicted molar refractivity (Wildman–Crippen MR) is 148 cm³/mol. The lowest BCUT2D eigenvalue weighted by Gasteiger charge is -2.19. The Morgan fingerprint density at radius 2 is 1.92 bits per heavy atom. The third-order valence-electron chi connectivity index (χ3n) is 5.15. The van der Waals surface area contributed by atoms with Crippen LogP contribution in [0.25, 0.3) is 21.3 Å². The van der Waals surface area contributed by atoms with Crippen molar-refractivity contribution in [2.75, 3.05) is 40.5 Å². The molecule has 3 rings (SSSR count). The molecule has 0 saturated heterocycles. The van der Waals surface area contributed by atoms with Gasteiger partial charge < -0.3 is 24.4 Å². The fraction of sp³-hybridized carbons (Fsp3) is 0.429. The molecule has 0 unspecified atom stereocenters. The summed E-state index contributed by atoms with van der Waals surface area (Å²) in [6.45, 7) is 6.32. The molecule has 0 radical (unpaired) electrons. The molecule has 0 atom stereocenters. The fourth-order valence-corrected chi connectivity index (χ4v) is 4.24. The number of thiophene rings is 1. The number of benzene rings is 1. The second-order valence-corrected chi connectivity index (χ2v) is 10.6. The highest BCUT2D eigenvalue weighted by Gasteiger charge is 2.17. The summed E-state index contributed by atoms with van der Waals surface area (Å²) in [4.78, 5) is 25.0. The Bertz CT molecular complexity index is 1360. The third-order valence-corrected chi connectivity index (χ3v) is 6.07. The summed E-state index contributed by atoms with van der Waals surface area (Å²) in [6.07, 6.45) is 0.240. The molecule has 3 aromatic rings. The number of nitrogens with one attached hydrogen (secondary N) is 1. The van der Waals surface area contributed by atoms with Gasteiger partial charge in [-0.05, 0) is 50.3 Å². The van der Waals surface area contributed by atoms with Crippen molar-refractivity contribution in [3.8, 4) is 28.8 Å². The van der Waals surface area contributed by atoms with Crippen LogP contribution in [0.4, 0.5) is 9.18 Å². The Hall–Kier alpha value is -3.75. The Labute approximate surface area is 231 Å². The minimum Gasteiger partial charge on any atom is -0.490 e. The van der Waals surface area contributed by atoms with E-state index in [9.17, 15) is 14.0 Å². The molecule has 0 aliphatic heterocycles. The van der Waals surface area contributed by atoms with Crippen LogP contribution < -0.4 is 10.1 Å². The van der Waals surface area contributed by atoms with Gasteiger partial charge in [0.1, 0.15) is 35.2 Å². The van der Waals surface area contributed by atoms with E-state index in [-0.39, 0.29) is 32.3 Å². The van der Waals surface area contributed by atoms with Crippen LogP contribution in [0.15, 0.2) is 29.6 Å². The van der Waals surface area contributed by atoms with Gasteiger partial charge in [0.2, 0.25) is 5.91 Å². The lowest BCUT2D eigenvalue weighted by molar-refractivity contribution is -0.128. The molecule has 208 valence electrons. The lowest BCUT2D eigenvalue weighted by Crippen LogP contribution is -2.34. The molecular weight excluding hydrogens is 523 g/mol. The number of carbonyl (C=O) groups is 2. The van der Waals surface area contributed by atoms with E-state index in [2.05, 4.69) is 27.4 Å². The van der Waals surface area contributed by atoms with Gasteiger partial charge in [-0.15, -0.1) is 21.5 Å². The average molecular weight is 557 g/mol. The van der Waals surface area contributed by atoms with E-state index >= 15 is 0 Å². The first-order chi connectivity index (χ1) is 18.5. The van der Waals surface area contributed by atoms with Gasteiger partial charge in [-0.1, -0.05) is 5.92 Å². The highest BCUT2D eigenvalue weighted by atomic mass is 32.1. The second kappa shape index (κ2) is 13.9. The van der Waals surface area contributed by atoms with Crippen molar-refractivity contribution in [2.45, 2.75) is 39.2 Å². The summed E-state index contributed by atoms with van der Waals surface area (Å²) in [7, 11) is 3.42. The normalized spacial score (nSPS) is 11.0. The number of halogens is 1. The zero-order valence-corrected chi connectivity index (χ0v) is 23.6. The van der Waals surface area contributed by atoms with Gasteiger partial charge in [-0.2, -0.15) is 0 Å². The maximum absolute atomic E-state index is 14.1. The van der Waals surface area contributed by atoms with Crippen molar-refractivity contribution in [1.82, 2.24) is 20.4 Å². The van der Waals surface area contributed by atoms with Crippen LogP contribution in [0.3, 0.4) is 0 Å². The Morgan fingerprint density at radius 3 is 2.67 bits per heavy atom. The Morgan fingerprint density at radius 1 is 1.13 bits per heavy atom. The lowest BCUT2D eigenvalue weighted by atomic mass is 10.1. The molecule has 2 amide bonds. The Balaban J connectivity index is 1.62. The van der Waals surface area contributed by atoms with Crippen molar-refractivity contribution in [3.05, 3.63) is 41.2 Å². The van der Waals surface area contributed by atoms with Crippen LogP contribution in [0.5, 0.6) is 5.75 Å². The van der Waals surface area contributed by atoms with Gasteiger partial charge in [0.15, 0.2) is 0 Å². The van der Waals surface area contributed by atoms with Crippen molar-refractivity contribution in [3.63, 3.8) is 0 Å². The molecular formula is C28H33FN4O5S. The number of amides is 2. The molecule has 2 heterocycles. The summed E-state index contributed by atoms with van der Waals surface area (Å²) >= 11 is 1.48. The third kappa shape index (κ3) is 9.19. The average Bonchev–Trinajstić information content (AvgIpc) is 3.35. The highest BCUT2D eigenvalue weighted by Crippen LogP contribution is 2.36. The van der Waals surface area contributed by atoms with E-state index in [1.807, 2.05) is 11.4 Å². The van der Waals surface area contributed by atoms with Gasteiger partial charge in [0, 0.05) is 50.5 Å². The standard InChI is InChI=1S/C28H33FN4O5S/c1-28(2,3)38-27(35)30-13-14-36-15-16-37-23-18-19(29)10-11-21(23)25-26-20(12-17-39-26)22(31-32-25)8-6-7-9-24(34)33(4)5/h10-12,17-18H,7,9,13-16H2,1-5H3,(H,30,35).